The Morgan fingerprint density at radius 1 is 1.21 bits per heavy atom. The minimum atomic E-state index is -0.366. The van der Waals surface area contributed by atoms with Gasteiger partial charge in [0.15, 0.2) is 5.17 Å². The van der Waals surface area contributed by atoms with E-state index >= 15 is 0 Å². The number of amides is 1. The van der Waals surface area contributed by atoms with Crippen LogP contribution in [0.2, 0.25) is 0 Å². The summed E-state index contributed by atoms with van der Waals surface area (Å²) >= 11 is 1.51. The molecule has 0 radical (unpaired) electrons. The predicted octanol–water partition coefficient (Wildman–Crippen LogP) is 4.83. The molecule has 2 heterocycles. The molecule has 174 valence electrons. The molecule has 4 atom stereocenters. The molecule has 0 unspecified atom stereocenters. The number of nitrogens with one attached hydrogen (secondary N) is 1. The number of carbonyl (C=O) groups excluding carboxylic acids is 2. The summed E-state index contributed by atoms with van der Waals surface area (Å²) in [5.41, 5.74) is 4.19. The summed E-state index contributed by atoms with van der Waals surface area (Å²) in [6.07, 6.45) is 5.19. The minimum absolute atomic E-state index is 0.0492. The Morgan fingerprint density at radius 3 is 2.73 bits per heavy atom. The summed E-state index contributed by atoms with van der Waals surface area (Å²) in [5, 5.41) is 6.11. The molecule has 2 fully saturated rings. The predicted molar refractivity (Wildman–Crippen MR) is 130 cm³/mol. The molecule has 0 saturated heterocycles. The van der Waals surface area contributed by atoms with Crippen molar-refractivity contribution in [2.75, 3.05) is 6.61 Å². The average Bonchev–Trinajstić information content (AvgIpc) is 3.50. The smallest absolute Gasteiger partial charge is 0.338 e. The second-order valence-electron chi connectivity index (χ2n) is 9.50. The van der Waals surface area contributed by atoms with E-state index < -0.39 is 0 Å². The molecule has 2 aliphatic carbocycles. The zero-order valence-corrected chi connectivity index (χ0v) is 20.3. The first-order chi connectivity index (χ1) is 16.0. The summed E-state index contributed by atoms with van der Waals surface area (Å²) in [7, 11) is 0. The molecule has 5 rings (SSSR count). The van der Waals surface area contributed by atoms with Crippen molar-refractivity contribution in [3.05, 3.63) is 57.8 Å². The highest BCUT2D eigenvalue weighted by Gasteiger charge is 2.43. The van der Waals surface area contributed by atoms with Gasteiger partial charge in [0.2, 0.25) is 5.91 Å². The van der Waals surface area contributed by atoms with E-state index in [4.69, 9.17) is 9.73 Å². The van der Waals surface area contributed by atoms with Crippen LogP contribution in [-0.2, 0) is 14.3 Å². The number of carbonyl (C=O) groups is 2. The second kappa shape index (κ2) is 9.01. The van der Waals surface area contributed by atoms with Crippen LogP contribution in [0.3, 0.4) is 0 Å². The highest BCUT2D eigenvalue weighted by Crippen LogP contribution is 2.46. The van der Waals surface area contributed by atoms with Crippen LogP contribution < -0.4 is 5.32 Å². The molecule has 2 bridgehead atoms. The average molecular weight is 466 g/mol. The molecule has 33 heavy (non-hydrogen) atoms. The largest absolute Gasteiger partial charge is 0.463 e. The summed E-state index contributed by atoms with van der Waals surface area (Å²) in [5.74, 6) is 1.12. The van der Waals surface area contributed by atoms with E-state index in [-0.39, 0.29) is 24.3 Å². The quantitative estimate of drug-likeness (QED) is 0.610. The number of hydrogen-bond acceptors (Lipinski definition) is 6. The van der Waals surface area contributed by atoms with E-state index in [0.717, 1.165) is 34.3 Å². The molecule has 2 aliphatic heterocycles. The van der Waals surface area contributed by atoms with Crippen molar-refractivity contribution in [3.63, 3.8) is 0 Å². The first-order valence-corrected chi connectivity index (χ1v) is 12.8. The fraction of sp³-hybridized carbons (Fsp3) is 0.500. The van der Waals surface area contributed by atoms with E-state index in [9.17, 15) is 9.59 Å². The summed E-state index contributed by atoms with van der Waals surface area (Å²) in [4.78, 5) is 32.9. The molecule has 1 amide bonds. The third kappa shape index (κ3) is 4.12. The zero-order chi connectivity index (χ0) is 23.1. The van der Waals surface area contributed by atoms with Crippen molar-refractivity contribution < 1.29 is 14.3 Å². The molecule has 2 saturated carbocycles. The number of allylic oxidation sites excluding steroid dienone is 1. The van der Waals surface area contributed by atoms with Crippen LogP contribution in [0.4, 0.5) is 0 Å². The molecular weight excluding hydrogens is 434 g/mol. The summed E-state index contributed by atoms with van der Waals surface area (Å²) in [6.45, 7) is 6.02. The Hall–Kier alpha value is -2.54. The van der Waals surface area contributed by atoms with Gasteiger partial charge in [-0.3, -0.25) is 4.79 Å². The van der Waals surface area contributed by atoms with Crippen molar-refractivity contribution in [3.8, 4) is 0 Å². The van der Waals surface area contributed by atoms with Crippen LogP contribution in [-0.4, -0.2) is 34.6 Å². The number of thioether (sulfide) groups is 1. The first kappa shape index (κ1) is 22.3. The number of fused-ring (bicyclic) bond motifs is 3. The lowest BCUT2D eigenvalue weighted by Crippen LogP contribution is -2.41. The Morgan fingerprint density at radius 2 is 2.03 bits per heavy atom. The SMILES string of the molecule is CCOC(=O)C1=C(C)N=C2SC=C(CC(=O)N[C@@H]3C[C@H]4CC[C@H]3C4)N2[C@H]1c1ccccc1C. The summed E-state index contributed by atoms with van der Waals surface area (Å²) < 4.78 is 5.43. The molecule has 0 aromatic heterocycles. The third-order valence-corrected chi connectivity index (χ3v) is 8.29. The molecular formula is C26H31N3O3S. The molecule has 7 heteroatoms. The number of esters is 1. The van der Waals surface area contributed by atoms with Crippen molar-refractivity contribution in [1.82, 2.24) is 10.2 Å². The van der Waals surface area contributed by atoms with Crippen LogP contribution in [0.5, 0.6) is 0 Å². The number of nitrogens with zero attached hydrogens (tertiary/aromatic N) is 2. The molecule has 1 N–H and O–H groups in total. The zero-order valence-electron chi connectivity index (χ0n) is 19.5. The van der Waals surface area contributed by atoms with E-state index in [0.29, 0.717) is 29.8 Å². The number of aryl methyl sites for hydroxylation is 1. The lowest BCUT2D eigenvalue weighted by Gasteiger charge is -2.37. The van der Waals surface area contributed by atoms with Crippen molar-refractivity contribution in [2.24, 2.45) is 16.8 Å². The van der Waals surface area contributed by atoms with Crippen molar-refractivity contribution in [2.45, 2.75) is 65.0 Å². The normalized spacial score (nSPS) is 27.9. The number of benzene rings is 1. The van der Waals surface area contributed by atoms with Gasteiger partial charge >= 0.3 is 5.97 Å². The standard InChI is InChI=1S/C26H31N3O3S/c1-4-32-25(31)23-16(3)27-26-29(24(23)20-8-6-5-7-15(20)2)19(14-33-26)13-22(30)28-21-12-17-9-10-18(21)11-17/h5-8,14,17-18,21,24H,4,9-13H2,1-3H3,(H,28,30)/t17-,18-,21+,24-/m0/s1. The Balaban J connectivity index is 1.43. The lowest BCUT2D eigenvalue weighted by molar-refractivity contribution is -0.139. The van der Waals surface area contributed by atoms with Gasteiger partial charge in [-0.05, 0) is 68.4 Å². The molecule has 1 aromatic carbocycles. The monoisotopic (exact) mass is 465 g/mol. The van der Waals surface area contributed by atoms with Crippen LogP contribution in [0.15, 0.2) is 51.6 Å². The highest BCUT2D eigenvalue weighted by molar-refractivity contribution is 8.16. The van der Waals surface area contributed by atoms with E-state index in [2.05, 4.69) is 10.2 Å². The van der Waals surface area contributed by atoms with Crippen molar-refractivity contribution >= 4 is 28.8 Å². The maximum Gasteiger partial charge on any atom is 0.338 e. The Labute approximate surface area is 199 Å². The van der Waals surface area contributed by atoms with Crippen LogP contribution >= 0.6 is 11.8 Å². The van der Waals surface area contributed by atoms with Crippen LogP contribution in [0, 0.1) is 18.8 Å². The number of amidine groups is 1. The van der Waals surface area contributed by atoms with Gasteiger partial charge < -0.3 is 15.0 Å². The van der Waals surface area contributed by atoms with Gasteiger partial charge in [0, 0.05) is 11.7 Å². The highest BCUT2D eigenvalue weighted by atomic mass is 32.2. The maximum atomic E-state index is 13.1. The van der Waals surface area contributed by atoms with E-state index in [1.165, 1.54) is 31.0 Å². The maximum absolute atomic E-state index is 13.1. The Bertz CT molecular complexity index is 1080. The minimum Gasteiger partial charge on any atom is -0.463 e. The van der Waals surface area contributed by atoms with Gasteiger partial charge in [0.25, 0.3) is 0 Å². The molecule has 4 aliphatic rings. The number of aliphatic imine (C=N–C) groups is 1. The number of rotatable bonds is 6. The van der Waals surface area contributed by atoms with Gasteiger partial charge in [-0.2, -0.15) is 0 Å². The van der Waals surface area contributed by atoms with Gasteiger partial charge in [-0.1, -0.05) is 42.4 Å². The first-order valence-electron chi connectivity index (χ1n) is 11.9. The second-order valence-corrected chi connectivity index (χ2v) is 10.3. The van der Waals surface area contributed by atoms with Crippen LogP contribution in [0.25, 0.3) is 0 Å². The van der Waals surface area contributed by atoms with E-state index in [1.807, 2.05) is 50.4 Å². The summed E-state index contributed by atoms with van der Waals surface area (Å²) in [6, 6.07) is 8.02. The molecule has 6 nitrogen and oxygen atoms in total. The number of ether oxygens (including phenoxy) is 1. The third-order valence-electron chi connectivity index (χ3n) is 7.41. The van der Waals surface area contributed by atoms with Crippen molar-refractivity contribution in [1.29, 1.82) is 0 Å². The molecule has 0 spiro atoms. The van der Waals surface area contributed by atoms with Gasteiger partial charge in [-0.25, -0.2) is 9.79 Å². The van der Waals surface area contributed by atoms with Gasteiger partial charge in [0.05, 0.1) is 30.3 Å². The fourth-order valence-electron chi connectivity index (χ4n) is 5.87. The van der Waals surface area contributed by atoms with Gasteiger partial charge in [0.1, 0.15) is 0 Å². The topological polar surface area (TPSA) is 71.0 Å². The van der Waals surface area contributed by atoms with Gasteiger partial charge in [-0.15, -0.1) is 0 Å². The fourth-order valence-corrected chi connectivity index (χ4v) is 6.84. The van der Waals surface area contributed by atoms with E-state index in [1.54, 1.807) is 0 Å². The molecule has 1 aromatic rings. The van der Waals surface area contributed by atoms with Crippen LogP contribution in [0.1, 0.15) is 63.1 Å². The number of hydrogen-bond donors (Lipinski definition) is 1. The Kier molecular flexibility index (Phi) is 6.08. The lowest BCUT2D eigenvalue weighted by atomic mass is 9.91.